The zero-order valence-corrected chi connectivity index (χ0v) is 30.4. The third-order valence-electron chi connectivity index (χ3n) is 6.40. The van der Waals surface area contributed by atoms with Gasteiger partial charge in [0.2, 0.25) is 5.91 Å². The molecule has 42 heavy (non-hydrogen) atoms. The van der Waals surface area contributed by atoms with Crippen molar-refractivity contribution in [1.82, 2.24) is 14.9 Å². The maximum Gasteiger partial charge on any atom is 1.00 e. The molecule has 12 heteroatoms. The maximum absolute atomic E-state index is 12.4. The Kier molecular flexibility index (Phi) is 15.4. The topological polar surface area (TPSA) is 151 Å². The molecule has 1 saturated heterocycles. The van der Waals surface area contributed by atoms with Crippen molar-refractivity contribution in [2.75, 3.05) is 20.3 Å². The first-order valence-corrected chi connectivity index (χ1v) is 14.6. The Labute approximate surface area is 294 Å². The Bertz CT molecular complexity index is 1400. The van der Waals surface area contributed by atoms with Crippen LogP contribution in [0.15, 0.2) is 28.4 Å². The minimum absolute atomic E-state index is 0. The van der Waals surface area contributed by atoms with Crippen LogP contribution in [0.5, 0.6) is 5.75 Å². The van der Waals surface area contributed by atoms with Gasteiger partial charge < -0.3 is 25.3 Å². The van der Waals surface area contributed by atoms with Crippen molar-refractivity contribution in [2.24, 2.45) is 11.7 Å². The number of likely N-dealkylation sites (tertiary alicyclic amines) is 1. The molecule has 3 N–H and O–H groups in total. The van der Waals surface area contributed by atoms with Crippen LogP contribution in [0.25, 0.3) is 21.6 Å². The Morgan fingerprint density at radius 3 is 2.40 bits per heavy atom. The van der Waals surface area contributed by atoms with Crippen molar-refractivity contribution in [3.05, 3.63) is 45.1 Å². The van der Waals surface area contributed by atoms with Gasteiger partial charge in [-0.15, -0.1) is 17.9 Å². The van der Waals surface area contributed by atoms with Gasteiger partial charge in [-0.2, -0.15) is 0 Å². The third kappa shape index (κ3) is 10.1. The molecule has 0 saturated carbocycles. The van der Waals surface area contributed by atoms with Crippen molar-refractivity contribution in [1.29, 1.82) is 0 Å². The van der Waals surface area contributed by atoms with Crippen LogP contribution in [0, 0.1) is 12.8 Å². The first-order valence-electron chi connectivity index (χ1n) is 13.7. The number of rotatable bonds is 4. The van der Waals surface area contributed by atoms with Crippen LogP contribution < -0.4 is 72.4 Å². The molecule has 2 amide bonds. The third-order valence-corrected chi connectivity index (χ3v) is 7.29. The molecule has 226 valence electrons. The summed E-state index contributed by atoms with van der Waals surface area (Å²) in [5.74, 6) is 0.780. The van der Waals surface area contributed by atoms with Gasteiger partial charge in [0.05, 0.1) is 24.0 Å². The number of nitrogens with zero attached hydrogens (tertiary/aromatic N) is 2. The molecular formula is C30H43KN4O6S. The number of thiazole rings is 1. The molecule has 0 bridgehead atoms. The van der Waals surface area contributed by atoms with Crippen LogP contribution in [0.3, 0.4) is 0 Å². The number of methoxy groups -OCH3 is 1. The summed E-state index contributed by atoms with van der Waals surface area (Å²) >= 11 is 1.55. The number of hydrogen-bond donors (Lipinski definition) is 2. The molecule has 3 heterocycles. The molecular weight excluding hydrogens is 584 g/mol. The van der Waals surface area contributed by atoms with E-state index in [0.29, 0.717) is 17.8 Å². The summed E-state index contributed by atoms with van der Waals surface area (Å²) in [7, 11) is 1.63. The predicted molar refractivity (Wildman–Crippen MR) is 161 cm³/mol. The molecule has 3 aromatic rings. The van der Waals surface area contributed by atoms with Crippen LogP contribution in [-0.4, -0.2) is 58.8 Å². The number of carbonyl (C=O) groups excluding carboxylic acids is 2. The summed E-state index contributed by atoms with van der Waals surface area (Å²) in [5, 5.41) is 12.5. The number of benzene rings is 1. The zero-order chi connectivity index (χ0) is 31.1. The molecule has 2 unspecified atom stereocenters. The number of ether oxygens (including phenoxy) is 2. The number of H-pyrrole nitrogens is 1. The van der Waals surface area contributed by atoms with Gasteiger partial charge in [0.15, 0.2) is 5.43 Å². The van der Waals surface area contributed by atoms with Crippen LogP contribution >= 0.6 is 11.3 Å². The summed E-state index contributed by atoms with van der Waals surface area (Å²) in [4.78, 5) is 44.9. The Morgan fingerprint density at radius 1 is 1.29 bits per heavy atom. The van der Waals surface area contributed by atoms with Crippen molar-refractivity contribution in [2.45, 2.75) is 79.4 Å². The molecule has 2 atom stereocenters. The van der Waals surface area contributed by atoms with E-state index >= 15 is 0 Å². The van der Waals surface area contributed by atoms with Gasteiger partial charge in [-0.1, -0.05) is 27.7 Å². The molecule has 1 aliphatic heterocycles. The van der Waals surface area contributed by atoms with Gasteiger partial charge in [0.1, 0.15) is 22.4 Å². The summed E-state index contributed by atoms with van der Waals surface area (Å²) in [6, 6.07) is 4.71. The quantitative estimate of drug-likeness (QED) is 0.418. The van der Waals surface area contributed by atoms with Gasteiger partial charge in [-0.05, 0) is 58.1 Å². The molecule has 0 aliphatic carbocycles. The van der Waals surface area contributed by atoms with E-state index < -0.39 is 23.6 Å². The Morgan fingerprint density at radius 2 is 1.90 bits per heavy atom. The van der Waals surface area contributed by atoms with E-state index in [1.54, 1.807) is 58.3 Å². The number of nitrogens with one attached hydrogen (secondary N) is 1. The molecule has 1 fully saturated rings. The summed E-state index contributed by atoms with van der Waals surface area (Å²) in [6.07, 6.45) is 0.327. The number of pyridine rings is 1. The van der Waals surface area contributed by atoms with Gasteiger partial charge >= 0.3 is 57.5 Å². The van der Waals surface area contributed by atoms with Gasteiger partial charge in [0.25, 0.3) is 0 Å². The first-order chi connectivity index (χ1) is 19.1. The van der Waals surface area contributed by atoms with Gasteiger partial charge in [0, 0.05) is 28.9 Å². The molecule has 4 rings (SSSR count). The zero-order valence-electron chi connectivity index (χ0n) is 26.5. The fraction of sp³-hybridized carbons (Fsp3) is 0.533. The number of aromatic amines is 1. The van der Waals surface area contributed by atoms with E-state index in [1.807, 2.05) is 25.3 Å². The second-order valence-electron chi connectivity index (χ2n) is 11.2. The molecule has 1 aromatic carbocycles. The number of aryl methyl sites for hydroxylation is 1. The summed E-state index contributed by atoms with van der Waals surface area (Å²) < 4.78 is 10.6. The van der Waals surface area contributed by atoms with E-state index in [9.17, 15) is 14.4 Å². The van der Waals surface area contributed by atoms with Crippen molar-refractivity contribution < 1.29 is 75.6 Å². The van der Waals surface area contributed by atoms with E-state index in [1.165, 1.54) is 4.90 Å². The average molecular weight is 627 g/mol. The number of nitrogens with two attached hydrogens (primary N) is 1. The van der Waals surface area contributed by atoms with Gasteiger partial charge in [-0.25, -0.2) is 9.78 Å². The smallest absolute Gasteiger partial charge is 0.855 e. The normalized spacial score (nSPS) is 16.1. The van der Waals surface area contributed by atoms with E-state index in [0.717, 1.165) is 39.6 Å². The van der Waals surface area contributed by atoms with E-state index in [-0.39, 0.29) is 69.3 Å². The number of carbonyl (C=O) groups is 2. The van der Waals surface area contributed by atoms with Gasteiger partial charge in [-0.3, -0.25) is 14.5 Å². The van der Waals surface area contributed by atoms with E-state index in [2.05, 4.69) is 23.8 Å². The number of hydrogen-bond acceptors (Lipinski definition) is 8. The van der Waals surface area contributed by atoms with Crippen LogP contribution in [-0.2, 0) is 9.53 Å². The van der Waals surface area contributed by atoms with Crippen molar-refractivity contribution >= 4 is 34.2 Å². The molecule has 2 aromatic heterocycles. The monoisotopic (exact) mass is 626 g/mol. The standard InChI is InChI=1S/C17H18N2O2S.C11H20N2O3.C2H5O.K/c1-9(2)13-8-22-17(19-13)12-7-14(20)11-5-6-15(21-4)10(3)16(11)18-12;1-7-5-6-13(8(7)9(12)14)10(15)16-11(2,3)4;1-2-3;/h5-9H,1-4H3,(H,18,20);7-8H,5-6H2,1-4H3,(H2,12,14);2H2,1H3;/q;;-1;+1. The van der Waals surface area contributed by atoms with Crippen molar-refractivity contribution in [3.8, 4) is 16.5 Å². The maximum atomic E-state index is 12.4. The average Bonchev–Trinajstić information content (AvgIpc) is 3.52. The van der Waals surface area contributed by atoms with Crippen LogP contribution in [0.4, 0.5) is 4.79 Å². The number of aromatic nitrogens is 2. The fourth-order valence-corrected chi connectivity index (χ4v) is 5.31. The second kappa shape index (κ2) is 16.9. The molecule has 0 spiro atoms. The summed E-state index contributed by atoms with van der Waals surface area (Å²) in [6.45, 7) is 15.6. The number of primary amides is 1. The fourth-order valence-electron chi connectivity index (χ4n) is 4.36. The molecule has 0 radical (unpaired) electrons. The van der Waals surface area contributed by atoms with E-state index in [4.69, 9.17) is 20.3 Å². The SMILES string of the molecule is CC1CCN(C(=O)OC(C)(C)C)C1C(N)=O.CC[O-].COc1ccc2c(=O)cc(-c3nc(C(C)C)cs3)[nH]c2c1C.[K+]. The Hall–Kier alpha value is -1.80. The van der Waals surface area contributed by atoms with Crippen LogP contribution in [0.2, 0.25) is 0 Å². The number of fused-ring (bicyclic) bond motifs is 1. The second-order valence-corrected chi connectivity index (χ2v) is 12.0. The largest absolute Gasteiger partial charge is 1.00 e. The Balaban J connectivity index is 0.000000392. The minimum Gasteiger partial charge on any atom is -0.855 e. The van der Waals surface area contributed by atoms with Crippen LogP contribution in [0.1, 0.15) is 72.1 Å². The van der Waals surface area contributed by atoms with Crippen molar-refractivity contribution in [3.63, 3.8) is 0 Å². The first kappa shape index (κ1) is 38.2. The minimum atomic E-state index is -0.550. The molecule has 10 nitrogen and oxygen atoms in total. The predicted octanol–water partition coefficient (Wildman–Crippen LogP) is 1.58. The molecule has 1 aliphatic rings. The summed E-state index contributed by atoms with van der Waals surface area (Å²) in [5.41, 5.74) is 8.28. The number of amides is 2.